The molecule has 5 nitrogen and oxygen atoms in total. The summed E-state index contributed by atoms with van der Waals surface area (Å²) in [6, 6.07) is 26.7. The summed E-state index contributed by atoms with van der Waals surface area (Å²) in [4.78, 5) is 19.7. The maximum atomic E-state index is 12.8. The first-order valence-corrected chi connectivity index (χ1v) is 11.6. The topological polar surface area (TPSA) is 47.4 Å². The zero-order valence-corrected chi connectivity index (χ0v) is 19.0. The highest BCUT2D eigenvalue weighted by Crippen LogP contribution is 2.30. The van der Waals surface area contributed by atoms with Gasteiger partial charge in [-0.05, 0) is 48.7 Å². The van der Waals surface area contributed by atoms with Crippen molar-refractivity contribution in [2.75, 3.05) is 19.7 Å². The number of hydrogen-bond donors (Lipinski definition) is 0. The third kappa shape index (κ3) is 4.77. The lowest BCUT2D eigenvalue weighted by Gasteiger charge is -2.17. The van der Waals surface area contributed by atoms with Gasteiger partial charge in [0.1, 0.15) is 18.2 Å². The van der Waals surface area contributed by atoms with Crippen LogP contribution >= 0.6 is 0 Å². The van der Waals surface area contributed by atoms with Gasteiger partial charge in [-0.1, -0.05) is 54.6 Å². The minimum Gasteiger partial charge on any atom is -0.492 e. The highest BCUT2D eigenvalue weighted by Gasteiger charge is 2.33. The summed E-state index contributed by atoms with van der Waals surface area (Å²) in [7, 11) is 0. The predicted octanol–water partition coefficient (Wildman–Crippen LogP) is 4.98. The minimum atomic E-state index is 0.0969. The summed E-state index contributed by atoms with van der Waals surface area (Å²) >= 11 is 0. The van der Waals surface area contributed by atoms with Gasteiger partial charge < -0.3 is 14.2 Å². The van der Waals surface area contributed by atoms with E-state index in [0.717, 1.165) is 35.6 Å². The zero-order chi connectivity index (χ0) is 22.6. The van der Waals surface area contributed by atoms with E-state index in [-0.39, 0.29) is 11.8 Å². The van der Waals surface area contributed by atoms with E-state index >= 15 is 0 Å². The lowest BCUT2D eigenvalue weighted by molar-refractivity contribution is -0.127. The first kappa shape index (κ1) is 21.3. The number of likely N-dealkylation sites (tertiary alicyclic amines) is 1. The van der Waals surface area contributed by atoms with Crippen LogP contribution in [0.15, 0.2) is 78.9 Å². The average Bonchev–Trinajstić information content (AvgIpc) is 3.39. The fourth-order valence-electron chi connectivity index (χ4n) is 4.67. The Morgan fingerprint density at radius 2 is 1.79 bits per heavy atom. The Labute approximate surface area is 194 Å². The van der Waals surface area contributed by atoms with Crippen molar-refractivity contribution in [2.45, 2.75) is 32.2 Å². The molecule has 1 saturated heterocycles. The van der Waals surface area contributed by atoms with E-state index in [4.69, 9.17) is 9.72 Å². The van der Waals surface area contributed by atoms with Crippen LogP contribution in [0.1, 0.15) is 29.3 Å². The van der Waals surface area contributed by atoms with Crippen LogP contribution in [0, 0.1) is 6.92 Å². The number of imidazole rings is 1. The van der Waals surface area contributed by atoms with Crippen molar-refractivity contribution in [1.82, 2.24) is 14.5 Å². The van der Waals surface area contributed by atoms with Crippen molar-refractivity contribution in [2.24, 2.45) is 0 Å². The summed E-state index contributed by atoms with van der Waals surface area (Å²) in [6.07, 6.45) is 1.39. The van der Waals surface area contributed by atoms with E-state index in [9.17, 15) is 4.79 Å². The van der Waals surface area contributed by atoms with E-state index in [0.29, 0.717) is 26.1 Å². The number of aryl methyl sites for hydroxylation is 1. The van der Waals surface area contributed by atoms with E-state index in [1.54, 1.807) is 0 Å². The molecule has 168 valence electrons. The van der Waals surface area contributed by atoms with Crippen LogP contribution in [0.5, 0.6) is 5.75 Å². The molecule has 0 aliphatic carbocycles. The normalized spacial score (nSPS) is 16.0. The molecule has 0 saturated carbocycles. The summed E-state index contributed by atoms with van der Waals surface area (Å²) < 4.78 is 8.27. The van der Waals surface area contributed by atoms with Crippen molar-refractivity contribution < 1.29 is 9.53 Å². The molecule has 1 aliphatic heterocycles. The molecule has 0 bridgehead atoms. The Balaban J connectivity index is 1.31. The van der Waals surface area contributed by atoms with Gasteiger partial charge in [-0.2, -0.15) is 0 Å². The van der Waals surface area contributed by atoms with Crippen molar-refractivity contribution in [1.29, 1.82) is 0 Å². The molecular formula is C28H29N3O2. The monoisotopic (exact) mass is 439 g/mol. The number of carbonyl (C=O) groups is 1. The fourth-order valence-corrected chi connectivity index (χ4v) is 4.67. The number of rotatable bonds is 8. The lowest BCUT2D eigenvalue weighted by atomic mass is 10.1. The smallest absolute Gasteiger partial charge is 0.223 e. The van der Waals surface area contributed by atoms with Crippen molar-refractivity contribution >= 4 is 16.9 Å². The summed E-state index contributed by atoms with van der Waals surface area (Å²) in [5, 5.41) is 0. The molecule has 0 spiro atoms. The Morgan fingerprint density at radius 1 is 0.970 bits per heavy atom. The van der Waals surface area contributed by atoms with Gasteiger partial charge in [0.2, 0.25) is 5.91 Å². The molecule has 0 N–H and O–H groups in total. The molecule has 5 rings (SSSR count). The van der Waals surface area contributed by atoms with Gasteiger partial charge >= 0.3 is 0 Å². The summed E-state index contributed by atoms with van der Waals surface area (Å²) in [6.45, 7) is 4.77. The van der Waals surface area contributed by atoms with E-state index in [1.807, 2.05) is 59.5 Å². The second kappa shape index (κ2) is 9.49. The minimum absolute atomic E-state index is 0.0969. The number of carbonyl (C=O) groups excluding carboxylic acids is 1. The number of aromatic nitrogens is 2. The van der Waals surface area contributed by atoms with Crippen molar-refractivity contribution in [3.63, 3.8) is 0 Å². The van der Waals surface area contributed by atoms with Crippen LogP contribution in [0.3, 0.4) is 0 Å². The molecule has 4 aromatic rings. The van der Waals surface area contributed by atoms with Crippen LogP contribution in [-0.4, -0.2) is 40.1 Å². The Hall–Kier alpha value is -3.60. The lowest BCUT2D eigenvalue weighted by Crippen LogP contribution is -2.27. The third-order valence-corrected chi connectivity index (χ3v) is 6.35. The van der Waals surface area contributed by atoms with Crippen LogP contribution < -0.4 is 4.74 Å². The number of para-hydroxylation sites is 2. The van der Waals surface area contributed by atoms with Gasteiger partial charge in [0.25, 0.3) is 0 Å². The number of ether oxygens (including phenoxy) is 1. The van der Waals surface area contributed by atoms with Gasteiger partial charge in [-0.3, -0.25) is 4.79 Å². The molecule has 1 unspecified atom stereocenters. The van der Waals surface area contributed by atoms with E-state index < -0.39 is 0 Å². The standard InChI is InChI=1S/C28H29N3O2/c1-21-8-7-11-24(18-21)33-17-16-31-26-13-6-5-12-25(26)29-28(31)23-19-27(32)30(20-23)15-14-22-9-3-2-4-10-22/h2-13,18,23H,14-17,19-20H2,1H3. The molecule has 2 heterocycles. The second-order valence-corrected chi connectivity index (χ2v) is 8.75. The van der Waals surface area contributed by atoms with Crippen molar-refractivity contribution in [3.8, 4) is 5.75 Å². The number of amides is 1. The van der Waals surface area contributed by atoms with Crippen LogP contribution in [-0.2, 0) is 17.8 Å². The maximum Gasteiger partial charge on any atom is 0.223 e. The van der Waals surface area contributed by atoms with Gasteiger partial charge in [-0.15, -0.1) is 0 Å². The number of nitrogens with zero attached hydrogens (tertiary/aromatic N) is 3. The molecule has 0 radical (unpaired) electrons. The van der Waals surface area contributed by atoms with E-state index in [2.05, 4.69) is 35.8 Å². The molecule has 1 aliphatic rings. The summed E-state index contributed by atoms with van der Waals surface area (Å²) in [5.74, 6) is 2.17. The van der Waals surface area contributed by atoms with Crippen LogP contribution in [0.25, 0.3) is 11.0 Å². The van der Waals surface area contributed by atoms with Gasteiger partial charge in [0, 0.05) is 25.4 Å². The first-order chi connectivity index (χ1) is 16.2. The SMILES string of the molecule is Cc1cccc(OCCn2c(C3CC(=O)N(CCc4ccccc4)C3)nc3ccccc32)c1. The zero-order valence-electron chi connectivity index (χ0n) is 19.0. The highest BCUT2D eigenvalue weighted by molar-refractivity contribution is 5.81. The second-order valence-electron chi connectivity index (χ2n) is 8.75. The quantitative estimate of drug-likeness (QED) is 0.389. The van der Waals surface area contributed by atoms with Gasteiger partial charge in [-0.25, -0.2) is 4.98 Å². The first-order valence-electron chi connectivity index (χ1n) is 11.6. The molecule has 1 fully saturated rings. The molecule has 5 heteroatoms. The van der Waals surface area contributed by atoms with E-state index in [1.165, 1.54) is 11.1 Å². The number of fused-ring (bicyclic) bond motifs is 1. The van der Waals surface area contributed by atoms with Gasteiger partial charge in [0.05, 0.1) is 17.6 Å². The molecule has 1 aromatic heterocycles. The maximum absolute atomic E-state index is 12.8. The fraction of sp³-hybridized carbons (Fsp3) is 0.286. The number of benzene rings is 3. The largest absolute Gasteiger partial charge is 0.492 e. The van der Waals surface area contributed by atoms with Crippen molar-refractivity contribution in [3.05, 3.63) is 95.8 Å². The van der Waals surface area contributed by atoms with Gasteiger partial charge in [0.15, 0.2) is 0 Å². The van der Waals surface area contributed by atoms with Crippen LogP contribution in [0.2, 0.25) is 0 Å². The predicted molar refractivity (Wildman–Crippen MR) is 130 cm³/mol. The Kier molecular flexibility index (Phi) is 6.11. The molecular weight excluding hydrogens is 410 g/mol. The Morgan fingerprint density at radius 3 is 2.64 bits per heavy atom. The summed E-state index contributed by atoms with van der Waals surface area (Å²) in [5.41, 5.74) is 4.50. The molecule has 1 atom stereocenters. The molecule has 3 aromatic carbocycles. The number of hydrogen-bond acceptors (Lipinski definition) is 3. The molecule has 33 heavy (non-hydrogen) atoms. The highest BCUT2D eigenvalue weighted by atomic mass is 16.5. The average molecular weight is 440 g/mol. The Bertz CT molecular complexity index is 1250. The van der Waals surface area contributed by atoms with Crippen LogP contribution in [0.4, 0.5) is 0 Å². The molecule has 1 amide bonds. The third-order valence-electron chi connectivity index (χ3n) is 6.35.